The first-order valence-electron chi connectivity index (χ1n) is 8.47. The largest absolute Gasteiger partial charge is 0.393 e. The maximum Gasteiger partial charge on any atom is 0.159 e. The minimum atomic E-state index is -0.496. The lowest BCUT2D eigenvalue weighted by Crippen LogP contribution is -2.05. The molecule has 4 N–H and O–H groups in total. The second kappa shape index (κ2) is 7.28. The van der Waals surface area contributed by atoms with Crippen LogP contribution in [0.4, 0.5) is 33.1 Å². The number of aryl methyl sites for hydroxylation is 1. The predicted molar refractivity (Wildman–Crippen MR) is 111 cm³/mol. The predicted octanol–water partition coefficient (Wildman–Crippen LogP) is 5.20. The molecular weight excluding hydrogens is 379 g/mol. The Labute approximate surface area is 165 Å². The molecule has 0 radical (unpaired) electrons. The fourth-order valence-corrected chi connectivity index (χ4v) is 2.96. The molecule has 2 aromatic carbocycles. The van der Waals surface area contributed by atoms with Gasteiger partial charge in [-0.15, -0.1) is 0 Å². The Hall–Kier alpha value is -3.45. The molecule has 4 aromatic rings. The van der Waals surface area contributed by atoms with Crippen molar-refractivity contribution >= 4 is 51.2 Å². The van der Waals surface area contributed by atoms with Crippen molar-refractivity contribution in [3.63, 3.8) is 0 Å². The number of aromatic nitrogens is 3. The van der Waals surface area contributed by atoms with Gasteiger partial charge in [-0.05, 0) is 37.3 Å². The zero-order chi connectivity index (χ0) is 19.7. The molecule has 0 atom stereocenters. The van der Waals surface area contributed by atoms with Crippen LogP contribution in [-0.2, 0) is 0 Å². The molecule has 2 heterocycles. The van der Waals surface area contributed by atoms with Crippen LogP contribution in [0.3, 0.4) is 0 Å². The van der Waals surface area contributed by atoms with Gasteiger partial charge in [0, 0.05) is 16.8 Å². The Morgan fingerprint density at radius 3 is 2.57 bits per heavy atom. The Bertz CT molecular complexity index is 1180. The van der Waals surface area contributed by atoms with Crippen LogP contribution in [0.5, 0.6) is 0 Å². The molecule has 0 saturated heterocycles. The summed E-state index contributed by atoms with van der Waals surface area (Å²) >= 11 is 5.83. The minimum Gasteiger partial charge on any atom is -0.393 e. The molecule has 0 spiro atoms. The molecule has 0 amide bonds. The number of halogens is 2. The number of para-hydroxylation sites is 1. The topological polar surface area (TPSA) is 88.8 Å². The summed E-state index contributed by atoms with van der Waals surface area (Å²) in [5.41, 5.74) is 9.63. The highest BCUT2D eigenvalue weighted by molar-refractivity contribution is 6.31. The van der Waals surface area contributed by atoms with Gasteiger partial charge in [0.05, 0.1) is 16.2 Å². The highest BCUT2D eigenvalue weighted by Crippen LogP contribution is 2.31. The molecule has 0 fully saturated rings. The molecular formula is C20H16ClFN6. The normalized spacial score (nSPS) is 10.8. The van der Waals surface area contributed by atoms with Gasteiger partial charge in [0.2, 0.25) is 0 Å². The van der Waals surface area contributed by atoms with Crippen molar-refractivity contribution in [2.45, 2.75) is 6.92 Å². The third-order valence-corrected chi connectivity index (χ3v) is 4.47. The van der Waals surface area contributed by atoms with Crippen LogP contribution < -0.4 is 16.4 Å². The van der Waals surface area contributed by atoms with Crippen LogP contribution in [0.1, 0.15) is 5.69 Å². The Morgan fingerprint density at radius 1 is 1.00 bits per heavy atom. The number of benzene rings is 2. The van der Waals surface area contributed by atoms with Gasteiger partial charge in [-0.1, -0.05) is 29.8 Å². The van der Waals surface area contributed by atoms with Crippen molar-refractivity contribution in [3.8, 4) is 0 Å². The number of fused-ring (bicyclic) bond motifs is 1. The number of hydrogen-bond donors (Lipinski definition) is 3. The Balaban J connectivity index is 1.67. The van der Waals surface area contributed by atoms with Gasteiger partial charge in [-0.2, -0.15) is 0 Å². The van der Waals surface area contributed by atoms with Crippen molar-refractivity contribution in [2.75, 3.05) is 16.4 Å². The molecule has 0 aliphatic rings. The van der Waals surface area contributed by atoms with E-state index < -0.39 is 5.82 Å². The maximum absolute atomic E-state index is 13.4. The summed E-state index contributed by atoms with van der Waals surface area (Å²) in [4.78, 5) is 13.0. The monoisotopic (exact) mass is 394 g/mol. The third-order valence-electron chi connectivity index (χ3n) is 4.18. The molecule has 8 heteroatoms. The van der Waals surface area contributed by atoms with Crippen LogP contribution >= 0.6 is 11.6 Å². The van der Waals surface area contributed by atoms with Crippen molar-refractivity contribution in [1.82, 2.24) is 15.0 Å². The second-order valence-electron chi connectivity index (χ2n) is 6.19. The van der Waals surface area contributed by atoms with Gasteiger partial charge in [0.15, 0.2) is 11.6 Å². The fraction of sp³-hybridized carbons (Fsp3) is 0.0500. The Kier molecular flexibility index (Phi) is 4.67. The van der Waals surface area contributed by atoms with Gasteiger partial charge in [-0.25, -0.2) is 14.4 Å². The van der Waals surface area contributed by atoms with Crippen molar-refractivity contribution in [2.24, 2.45) is 0 Å². The molecule has 6 nitrogen and oxygen atoms in total. The van der Waals surface area contributed by atoms with Crippen molar-refractivity contribution < 1.29 is 4.39 Å². The zero-order valence-electron chi connectivity index (χ0n) is 14.9. The molecule has 4 rings (SSSR count). The van der Waals surface area contributed by atoms with Gasteiger partial charge in [0.1, 0.15) is 17.8 Å². The van der Waals surface area contributed by atoms with Gasteiger partial charge in [0.25, 0.3) is 0 Å². The SMILES string of the molecule is Cc1ccc2cccc(Nc3ncnc(Nc4ccc(F)c(Cl)c4)c3N)c2n1. The highest BCUT2D eigenvalue weighted by Gasteiger charge is 2.11. The molecule has 0 saturated carbocycles. The van der Waals surface area contributed by atoms with Crippen LogP contribution in [0.2, 0.25) is 5.02 Å². The summed E-state index contributed by atoms with van der Waals surface area (Å²) in [5, 5.41) is 7.26. The molecule has 28 heavy (non-hydrogen) atoms. The van der Waals surface area contributed by atoms with E-state index in [0.717, 1.165) is 22.3 Å². The van der Waals surface area contributed by atoms with Gasteiger partial charge < -0.3 is 16.4 Å². The number of anilines is 5. The molecule has 140 valence electrons. The number of nitrogen functional groups attached to an aromatic ring is 1. The Morgan fingerprint density at radius 2 is 1.79 bits per heavy atom. The van der Waals surface area contributed by atoms with E-state index in [1.165, 1.54) is 18.5 Å². The summed E-state index contributed by atoms with van der Waals surface area (Å²) < 4.78 is 13.4. The van der Waals surface area contributed by atoms with Crippen molar-refractivity contribution in [3.05, 3.63) is 71.4 Å². The number of pyridine rings is 1. The quantitative estimate of drug-likeness (QED) is 0.441. The van der Waals surface area contributed by atoms with E-state index >= 15 is 0 Å². The van der Waals surface area contributed by atoms with E-state index in [2.05, 4.69) is 25.6 Å². The lowest BCUT2D eigenvalue weighted by atomic mass is 10.1. The van der Waals surface area contributed by atoms with E-state index in [1.807, 2.05) is 37.3 Å². The first kappa shape index (κ1) is 17.9. The van der Waals surface area contributed by atoms with Crippen LogP contribution in [-0.4, -0.2) is 15.0 Å². The van der Waals surface area contributed by atoms with Crippen LogP contribution in [0.15, 0.2) is 54.9 Å². The smallest absolute Gasteiger partial charge is 0.159 e. The van der Waals surface area contributed by atoms with Gasteiger partial charge >= 0.3 is 0 Å². The number of nitrogens with two attached hydrogens (primary N) is 1. The molecule has 0 aliphatic heterocycles. The van der Waals surface area contributed by atoms with E-state index in [9.17, 15) is 4.39 Å². The number of nitrogens with one attached hydrogen (secondary N) is 2. The first-order chi connectivity index (χ1) is 13.5. The molecule has 2 aromatic heterocycles. The van der Waals surface area contributed by atoms with Gasteiger partial charge in [-0.3, -0.25) is 4.98 Å². The van der Waals surface area contributed by atoms with E-state index in [0.29, 0.717) is 23.0 Å². The number of rotatable bonds is 4. The highest BCUT2D eigenvalue weighted by atomic mass is 35.5. The summed E-state index contributed by atoms with van der Waals surface area (Å²) in [5.74, 6) is 0.315. The van der Waals surface area contributed by atoms with E-state index in [-0.39, 0.29) is 5.02 Å². The number of nitrogens with zero attached hydrogens (tertiary/aromatic N) is 3. The summed E-state index contributed by atoms with van der Waals surface area (Å²) in [6.45, 7) is 1.94. The van der Waals surface area contributed by atoms with E-state index in [4.69, 9.17) is 17.3 Å². The third kappa shape index (κ3) is 3.52. The summed E-state index contributed by atoms with van der Waals surface area (Å²) in [6, 6.07) is 14.1. The lowest BCUT2D eigenvalue weighted by Gasteiger charge is -2.14. The molecule has 0 unspecified atom stereocenters. The lowest BCUT2D eigenvalue weighted by molar-refractivity contribution is 0.628. The van der Waals surface area contributed by atoms with Crippen molar-refractivity contribution in [1.29, 1.82) is 0 Å². The first-order valence-corrected chi connectivity index (χ1v) is 8.85. The fourth-order valence-electron chi connectivity index (χ4n) is 2.78. The summed E-state index contributed by atoms with van der Waals surface area (Å²) in [7, 11) is 0. The average Bonchev–Trinajstić information content (AvgIpc) is 2.68. The van der Waals surface area contributed by atoms with Crippen LogP contribution in [0.25, 0.3) is 10.9 Å². The molecule has 0 aliphatic carbocycles. The van der Waals surface area contributed by atoms with E-state index in [1.54, 1.807) is 6.07 Å². The standard InChI is InChI=1S/C20H16ClFN6/c1-11-5-6-12-3-2-4-16(18(12)26-11)28-20-17(23)19(24-10-25-20)27-13-7-8-15(22)14(21)9-13/h2-10H,23H2,1H3,(H2,24,25,27,28). The zero-order valence-corrected chi connectivity index (χ0v) is 15.6. The average molecular weight is 395 g/mol. The van der Waals surface area contributed by atoms with Crippen LogP contribution in [0, 0.1) is 12.7 Å². The second-order valence-corrected chi connectivity index (χ2v) is 6.60. The minimum absolute atomic E-state index is 0.00757. The number of hydrogen-bond acceptors (Lipinski definition) is 6. The maximum atomic E-state index is 13.4. The summed E-state index contributed by atoms with van der Waals surface area (Å²) in [6.07, 6.45) is 1.38. The molecule has 0 bridgehead atoms.